The molecule has 4 aromatic carbocycles. The number of rotatable bonds is 4. The maximum Gasteiger partial charge on any atom is 0.0748 e. The fourth-order valence-corrected chi connectivity index (χ4v) is 7.36. The van der Waals surface area contributed by atoms with Crippen LogP contribution in [0.1, 0.15) is 61.1 Å². The molecular formula is C41H34N2. The molecule has 4 aromatic rings. The lowest BCUT2D eigenvalue weighted by Crippen LogP contribution is -2.05. The molecule has 2 aliphatic carbocycles. The van der Waals surface area contributed by atoms with Gasteiger partial charge in [-0.1, -0.05) is 60.7 Å². The van der Waals surface area contributed by atoms with E-state index in [1.54, 1.807) is 0 Å². The standard InChI is InChI=1S/C41H34N2/c1-22-17-32-38-34(42-40(32)26(22)5)19-24(3)30(36(38)28-13-9-7-10-14-28)21-31-25(4)20-35-39(37(31)29-15-11-8-12-16-29)33-18-23(2)27(6)41(33)43-35/h7-20H,21H2,1-6H3. The number of aliphatic imine (C=N–C) groups is 2. The van der Waals surface area contributed by atoms with E-state index in [1.807, 2.05) is 0 Å². The maximum atomic E-state index is 5.18. The van der Waals surface area contributed by atoms with Crippen LogP contribution in [0.4, 0.5) is 11.4 Å². The summed E-state index contributed by atoms with van der Waals surface area (Å²) in [4.78, 5) is 10.4. The van der Waals surface area contributed by atoms with Crippen LogP contribution >= 0.6 is 0 Å². The topological polar surface area (TPSA) is 24.7 Å². The van der Waals surface area contributed by atoms with Gasteiger partial charge in [0, 0.05) is 22.3 Å². The summed E-state index contributed by atoms with van der Waals surface area (Å²) in [6.45, 7) is 13.3. The molecule has 0 fully saturated rings. The molecule has 2 nitrogen and oxygen atoms in total. The largest absolute Gasteiger partial charge is 0.247 e. The zero-order valence-corrected chi connectivity index (χ0v) is 25.7. The first kappa shape index (κ1) is 25.9. The zero-order chi connectivity index (χ0) is 29.6. The van der Waals surface area contributed by atoms with Crippen molar-refractivity contribution in [3.05, 3.63) is 141 Å². The summed E-state index contributed by atoms with van der Waals surface area (Å²) in [5.74, 6) is 0. The van der Waals surface area contributed by atoms with Crippen LogP contribution in [0.25, 0.3) is 33.4 Å². The van der Waals surface area contributed by atoms with Gasteiger partial charge in [-0.15, -0.1) is 0 Å². The minimum absolute atomic E-state index is 0.828. The minimum Gasteiger partial charge on any atom is -0.247 e. The summed E-state index contributed by atoms with van der Waals surface area (Å²) >= 11 is 0. The van der Waals surface area contributed by atoms with Crippen LogP contribution in [-0.2, 0) is 6.42 Å². The number of nitrogens with zero attached hydrogens (tertiary/aromatic N) is 2. The van der Waals surface area contributed by atoms with E-state index in [4.69, 9.17) is 9.98 Å². The Kier molecular flexibility index (Phi) is 5.62. The lowest BCUT2D eigenvalue weighted by molar-refractivity contribution is 1.13. The molecule has 0 saturated carbocycles. The van der Waals surface area contributed by atoms with Crippen LogP contribution in [0, 0.1) is 13.8 Å². The van der Waals surface area contributed by atoms with E-state index in [1.165, 1.54) is 89.1 Å². The van der Waals surface area contributed by atoms with Crippen molar-refractivity contribution in [1.82, 2.24) is 0 Å². The first-order valence-corrected chi connectivity index (χ1v) is 15.2. The Morgan fingerprint density at radius 3 is 1.28 bits per heavy atom. The van der Waals surface area contributed by atoms with Gasteiger partial charge in [0.25, 0.3) is 0 Å². The fourth-order valence-electron chi connectivity index (χ4n) is 7.36. The van der Waals surface area contributed by atoms with Crippen LogP contribution in [0.3, 0.4) is 0 Å². The van der Waals surface area contributed by atoms with Crippen molar-refractivity contribution in [2.45, 2.75) is 48.0 Å². The lowest BCUT2D eigenvalue weighted by Gasteiger charge is -2.23. The predicted octanol–water partition coefficient (Wildman–Crippen LogP) is 10.9. The molecule has 0 aromatic heterocycles. The highest BCUT2D eigenvalue weighted by Gasteiger charge is 2.34. The van der Waals surface area contributed by atoms with Crippen LogP contribution in [0.5, 0.6) is 0 Å². The molecule has 8 rings (SSSR count). The van der Waals surface area contributed by atoms with Gasteiger partial charge in [0.2, 0.25) is 0 Å². The molecule has 0 bridgehead atoms. The van der Waals surface area contributed by atoms with Crippen molar-refractivity contribution in [3.63, 3.8) is 0 Å². The van der Waals surface area contributed by atoms with E-state index < -0.39 is 0 Å². The summed E-state index contributed by atoms with van der Waals surface area (Å²) in [6.07, 6.45) is 5.50. The Labute approximate surface area is 254 Å². The van der Waals surface area contributed by atoms with Gasteiger partial charge in [0.1, 0.15) is 0 Å². The van der Waals surface area contributed by atoms with Crippen molar-refractivity contribution in [2.24, 2.45) is 9.98 Å². The van der Waals surface area contributed by atoms with Gasteiger partial charge in [0.05, 0.1) is 22.8 Å². The van der Waals surface area contributed by atoms with Crippen molar-refractivity contribution >= 4 is 33.9 Å². The van der Waals surface area contributed by atoms with Gasteiger partial charge < -0.3 is 0 Å². The summed E-state index contributed by atoms with van der Waals surface area (Å²) in [5, 5.41) is 0. The van der Waals surface area contributed by atoms with E-state index >= 15 is 0 Å². The highest BCUT2D eigenvalue weighted by atomic mass is 14.8. The molecule has 0 amide bonds. The normalized spacial score (nSPS) is 16.1. The number of hydrogen-bond acceptors (Lipinski definition) is 2. The smallest absolute Gasteiger partial charge is 0.0748 e. The van der Waals surface area contributed by atoms with Gasteiger partial charge in [-0.2, -0.15) is 0 Å². The summed E-state index contributed by atoms with van der Waals surface area (Å²) < 4.78 is 0. The zero-order valence-electron chi connectivity index (χ0n) is 25.7. The van der Waals surface area contributed by atoms with Crippen molar-refractivity contribution < 1.29 is 0 Å². The Morgan fingerprint density at radius 2 is 0.884 bits per heavy atom. The van der Waals surface area contributed by atoms with Crippen LogP contribution in [-0.4, -0.2) is 11.4 Å². The molecule has 2 heteroatoms. The predicted molar refractivity (Wildman–Crippen MR) is 183 cm³/mol. The van der Waals surface area contributed by atoms with Gasteiger partial charge in [-0.25, -0.2) is 9.98 Å². The monoisotopic (exact) mass is 554 g/mol. The van der Waals surface area contributed by atoms with Crippen molar-refractivity contribution in [1.29, 1.82) is 0 Å². The number of benzene rings is 4. The molecule has 0 radical (unpaired) electrons. The molecule has 2 aliphatic heterocycles. The quantitative estimate of drug-likeness (QED) is 0.240. The molecule has 0 spiro atoms. The van der Waals surface area contributed by atoms with Crippen LogP contribution in [0.2, 0.25) is 0 Å². The van der Waals surface area contributed by atoms with E-state index in [0.29, 0.717) is 0 Å². The summed E-state index contributed by atoms with van der Waals surface area (Å²) in [6, 6.07) is 26.5. The van der Waals surface area contributed by atoms with E-state index in [-0.39, 0.29) is 0 Å². The van der Waals surface area contributed by atoms with Crippen LogP contribution < -0.4 is 0 Å². The maximum absolute atomic E-state index is 5.18. The molecule has 0 saturated heterocycles. The molecule has 2 heterocycles. The highest BCUT2D eigenvalue weighted by molar-refractivity contribution is 6.40. The van der Waals surface area contributed by atoms with E-state index in [9.17, 15) is 0 Å². The molecule has 208 valence electrons. The van der Waals surface area contributed by atoms with Gasteiger partial charge in [-0.3, -0.25) is 0 Å². The molecular weight excluding hydrogens is 520 g/mol. The highest BCUT2D eigenvalue weighted by Crippen LogP contribution is 2.52. The Morgan fingerprint density at radius 1 is 0.488 bits per heavy atom. The minimum atomic E-state index is 0.828. The third kappa shape index (κ3) is 3.72. The van der Waals surface area contributed by atoms with Crippen molar-refractivity contribution in [2.75, 3.05) is 0 Å². The first-order valence-electron chi connectivity index (χ1n) is 15.2. The second-order valence-electron chi connectivity index (χ2n) is 12.4. The first-order chi connectivity index (χ1) is 20.8. The molecule has 43 heavy (non-hydrogen) atoms. The Hall–Kier alpha value is -4.82. The summed E-state index contributed by atoms with van der Waals surface area (Å²) in [7, 11) is 0. The second kappa shape index (κ2) is 9.34. The van der Waals surface area contributed by atoms with Gasteiger partial charge in [-0.05, 0) is 139 Å². The van der Waals surface area contributed by atoms with Gasteiger partial charge >= 0.3 is 0 Å². The SMILES string of the molecule is CC1=C(C)C2=Nc3cc(C)c(Cc4c(C)cc5c(c4-c4ccccc4)C4=CC(C)=C(C)C4=N5)c(-c4ccccc4)c3C2=C1. The third-order valence-corrected chi connectivity index (χ3v) is 9.88. The molecule has 0 unspecified atom stereocenters. The number of aryl methyl sites for hydroxylation is 2. The molecule has 0 N–H and O–H groups in total. The van der Waals surface area contributed by atoms with Gasteiger partial charge in [0.15, 0.2) is 0 Å². The number of hydrogen-bond donors (Lipinski definition) is 0. The van der Waals surface area contributed by atoms with E-state index in [2.05, 4.69) is 126 Å². The average Bonchev–Trinajstić information content (AvgIpc) is 3.70. The number of fused-ring (bicyclic) bond motifs is 6. The van der Waals surface area contributed by atoms with E-state index in [0.717, 1.165) is 29.2 Å². The average molecular weight is 555 g/mol. The number of allylic oxidation sites excluding steroid dienone is 8. The van der Waals surface area contributed by atoms with Crippen molar-refractivity contribution in [3.8, 4) is 22.3 Å². The third-order valence-electron chi connectivity index (χ3n) is 9.88. The molecule has 0 atom stereocenters. The summed E-state index contributed by atoms with van der Waals surface area (Å²) in [5.41, 5.74) is 25.1. The lowest BCUT2D eigenvalue weighted by atomic mass is 9.80. The van der Waals surface area contributed by atoms with Crippen LogP contribution in [0.15, 0.2) is 117 Å². The fraction of sp³-hybridized carbons (Fsp3) is 0.171. The Bertz CT molecular complexity index is 1960. The second-order valence-corrected chi connectivity index (χ2v) is 12.4. The molecule has 4 aliphatic rings. The Balaban J connectivity index is 1.39.